The summed E-state index contributed by atoms with van der Waals surface area (Å²) < 4.78 is 1.76. The van der Waals surface area contributed by atoms with Gasteiger partial charge in [0.1, 0.15) is 0 Å². The minimum absolute atomic E-state index is 0.0736. The lowest BCUT2D eigenvalue weighted by Gasteiger charge is -2.18. The Balaban J connectivity index is 1.64. The summed E-state index contributed by atoms with van der Waals surface area (Å²) in [6.45, 7) is 3.96. The van der Waals surface area contributed by atoms with Crippen LogP contribution in [-0.4, -0.2) is 21.7 Å². The minimum atomic E-state index is -0.287. The highest BCUT2D eigenvalue weighted by molar-refractivity contribution is 5.95. The zero-order valence-electron chi connectivity index (χ0n) is 16.8. The molecule has 28 heavy (non-hydrogen) atoms. The minimum Gasteiger partial charge on any atom is -0.330 e. The number of nitrogens with one attached hydrogen (secondary N) is 3. The van der Waals surface area contributed by atoms with E-state index in [9.17, 15) is 9.59 Å². The van der Waals surface area contributed by atoms with Gasteiger partial charge >= 0.3 is 6.03 Å². The molecular weight excluding hydrogens is 354 g/mol. The smallest absolute Gasteiger partial charge is 0.319 e. The average Bonchev–Trinajstić information content (AvgIpc) is 3.34. The first-order valence-corrected chi connectivity index (χ1v) is 9.95. The molecule has 0 aliphatic heterocycles. The molecule has 0 saturated heterocycles. The molecule has 3 amide bonds. The van der Waals surface area contributed by atoms with Crippen LogP contribution in [0.25, 0.3) is 0 Å². The van der Waals surface area contributed by atoms with Crippen LogP contribution in [0.5, 0.6) is 0 Å². The van der Waals surface area contributed by atoms with E-state index >= 15 is 0 Å². The lowest BCUT2D eigenvalue weighted by atomic mass is 10.1. The number of hydrogen-bond acceptors (Lipinski definition) is 3. The van der Waals surface area contributed by atoms with Crippen molar-refractivity contribution >= 4 is 23.3 Å². The summed E-state index contributed by atoms with van der Waals surface area (Å²) in [4.78, 5) is 24.9. The van der Waals surface area contributed by atoms with E-state index in [1.165, 1.54) is 0 Å². The third kappa shape index (κ3) is 4.71. The first-order valence-electron chi connectivity index (χ1n) is 9.95. The Kier molecular flexibility index (Phi) is 6.34. The molecule has 0 radical (unpaired) electrons. The number of aromatic nitrogens is 2. The van der Waals surface area contributed by atoms with Crippen LogP contribution in [0.4, 0.5) is 16.2 Å². The molecule has 150 valence electrons. The Labute approximate surface area is 165 Å². The van der Waals surface area contributed by atoms with Gasteiger partial charge in [-0.1, -0.05) is 25.8 Å². The van der Waals surface area contributed by atoms with E-state index in [0.717, 1.165) is 49.0 Å². The molecule has 1 aromatic carbocycles. The molecule has 3 rings (SSSR count). The van der Waals surface area contributed by atoms with Crippen LogP contribution >= 0.6 is 0 Å². The van der Waals surface area contributed by atoms with Crippen LogP contribution in [0.2, 0.25) is 0 Å². The quantitative estimate of drug-likeness (QED) is 0.701. The second-order valence-electron chi connectivity index (χ2n) is 7.44. The molecule has 1 heterocycles. The zero-order valence-corrected chi connectivity index (χ0v) is 16.8. The summed E-state index contributed by atoms with van der Waals surface area (Å²) in [5.74, 6) is 0.174. The highest BCUT2D eigenvalue weighted by atomic mass is 16.2. The number of anilines is 2. The second-order valence-corrected chi connectivity index (χ2v) is 7.44. The lowest BCUT2D eigenvalue weighted by molar-refractivity contribution is -0.119. The highest BCUT2D eigenvalue weighted by Crippen LogP contribution is 2.27. The van der Waals surface area contributed by atoms with Crippen molar-refractivity contribution in [3.63, 3.8) is 0 Å². The maximum absolute atomic E-state index is 12.5. The number of aryl methyl sites for hydroxylation is 2. The van der Waals surface area contributed by atoms with Gasteiger partial charge in [-0.2, -0.15) is 5.10 Å². The summed E-state index contributed by atoms with van der Waals surface area (Å²) in [5, 5.41) is 13.0. The van der Waals surface area contributed by atoms with Gasteiger partial charge in [-0.05, 0) is 49.9 Å². The van der Waals surface area contributed by atoms with Gasteiger partial charge in [-0.15, -0.1) is 0 Å². The van der Waals surface area contributed by atoms with Crippen LogP contribution < -0.4 is 16.0 Å². The van der Waals surface area contributed by atoms with E-state index < -0.39 is 0 Å². The van der Waals surface area contributed by atoms with Crippen molar-refractivity contribution in [2.24, 2.45) is 13.0 Å². The van der Waals surface area contributed by atoms with Gasteiger partial charge in [0.25, 0.3) is 0 Å². The fourth-order valence-corrected chi connectivity index (χ4v) is 3.69. The third-order valence-electron chi connectivity index (χ3n) is 5.41. The Morgan fingerprint density at radius 3 is 2.61 bits per heavy atom. The van der Waals surface area contributed by atoms with Gasteiger partial charge in [-0.3, -0.25) is 9.48 Å². The molecule has 0 unspecified atom stereocenters. The summed E-state index contributed by atoms with van der Waals surface area (Å²) >= 11 is 0. The molecule has 1 fully saturated rings. The topological polar surface area (TPSA) is 88.1 Å². The van der Waals surface area contributed by atoms with Crippen LogP contribution in [-0.2, 0) is 11.8 Å². The first-order chi connectivity index (χ1) is 13.5. The number of carbonyl (C=O) groups is 2. The molecule has 0 spiro atoms. The molecule has 2 aromatic rings. The number of amides is 3. The molecule has 1 atom stereocenters. The van der Waals surface area contributed by atoms with Gasteiger partial charge < -0.3 is 16.0 Å². The van der Waals surface area contributed by atoms with Crippen molar-refractivity contribution in [2.75, 3.05) is 10.6 Å². The van der Waals surface area contributed by atoms with E-state index in [4.69, 9.17) is 0 Å². The zero-order chi connectivity index (χ0) is 20.1. The van der Waals surface area contributed by atoms with Crippen molar-refractivity contribution in [1.29, 1.82) is 0 Å². The number of nitrogens with zero attached hydrogens (tertiary/aromatic N) is 2. The van der Waals surface area contributed by atoms with Gasteiger partial charge in [0.05, 0.1) is 11.7 Å². The fourth-order valence-electron chi connectivity index (χ4n) is 3.69. The second kappa shape index (κ2) is 8.91. The molecule has 1 aliphatic rings. The number of carbonyl (C=O) groups excluding carboxylic acids is 2. The maximum Gasteiger partial charge on any atom is 0.319 e. The molecule has 1 aliphatic carbocycles. The summed E-state index contributed by atoms with van der Waals surface area (Å²) in [5.41, 5.74) is 3.31. The van der Waals surface area contributed by atoms with Gasteiger partial charge in [0.2, 0.25) is 5.91 Å². The largest absolute Gasteiger partial charge is 0.330 e. The molecule has 1 saturated carbocycles. The molecule has 3 N–H and O–H groups in total. The van der Waals surface area contributed by atoms with E-state index in [1.807, 2.05) is 45.2 Å². The van der Waals surface area contributed by atoms with Gasteiger partial charge in [0.15, 0.2) is 0 Å². The van der Waals surface area contributed by atoms with Crippen LogP contribution in [0.3, 0.4) is 0 Å². The molecule has 0 bridgehead atoms. The van der Waals surface area contributed by atoms with E-state index in [1.54, 1.807) is 10.9 Å². The van der Waals surface area contributed by atoms with Crippen LogP contribution in [0, 0.1) is 12.8 Å². The molecule has 1 aromatic heterocycles. The highest BCUT2D eigenvalue weighted by Gasteiger charge is 2.23. The number of rotatable bonds is 6. The Hall–Kier alpha value is -2.83. The predicted molar refractivity (Wildman–Crippen MR) is 110 cm³/mol. The normalized spacial score (nSPS) is 15.2. The average molecular weight is 383 g/mol. The number of hydrogen-bond donors (Lipinski definition) is 3. The molecule has 7 heteroatoms. The van der Waals surface area contributed by atoms with E-state index in [-0.39, 0.29) is 23.9 Å². The van der Waals surface area contributed by atoms with E-state index in [0.29, 0.717) is 5.69 Å². The van der Waals surface area contributed by atoms with Gasteiger partial charge in [0, 0.05) is 30.5 Å². The van der Waals surface area contributed by atoms with Crippen molar-refractivity contribution in [1.82, 2.24) is 15.1 Å². The summed E-state index contributed by atoms with van der Waals surface area (Å²) in [6.07, 6.45) is 6.62. The van der Waals surface area contributed by atoms with Crippen LogP contribution in [0.15, 0.2) is 30.5 Å². The first kappa shape index (κ1) is 19.9. The Morgan fingerprint density at radius 1 is 1.21 bits per heavy atom. The Morgan fingerprint density at radius 2 is 1.96 bits per heavy atom. The monoisotopic (exact) mass is 383 g/mol. The number of urea groups is 1. The maximum atomic E-state index is 12.5. The third-order valence-corrected chi connectivity index (χ3v) is 5.41. The van der Waals surface area contributed by atoms with E-state index in [2.05, 4.69) is 21.0 Å². The van der Waals surface area contributed by atoms with Gasteiger partial charge in [-0.25, -0.2) is 4.79 Å². The summed E-state index contributed by atoms with van der Waals surface area (Å²) in [6, 6.07) is 7.04. The van der Waals surface area contributed by atoms with Crippen molar-refractivity contribution in [3.05, 3.63) is 41.7 Å². The molecular formula is C21H29N5O2. The van der Waals surface area contributed by atoms with Crippen LogP contribution in [0.1, 0.15) is 56.3 Å². The SMILES string of the molecule is CC[C@H](NC(=O)Nc1ccc(C)c(NC(=O)C2CCCC2)c1)c1ccnn1C. The standard InChI is InChI=1S/C21H29N5O2/c1-4-17(19-11-12-22-26(19)3)25-21(28)23-16-10-9-14(2)18(13-16)24-20(27)15-7-5-6-8-15/h9-13,15,17H,4-8H2,1-3H3,(H,24,27)(H2,23,25,28)/t17-/m0/s1. The molecule has 7 nitrogen and oxygen atoms in total. The lowest BCUT2D eigenvalue weighted by Crippen LogP contribution is -2.33. The predicted octanol–water partition coefficient (Wildman–Crippen LogP) is 4.13. The Bertz CT molecular complexity index is 839. The van der Waals surface area contributed by atoms with Crippen molar-refractivity contribution in [3.8, 4) is 0 Å². The fraction of sp³-hybridized carbons (Fsp3) is 0.476. The number of benzene rings is 1. The van der Waals surface area contributed by atoms with Crippen molar-refractivity contribution < 1.29 is 9.59 Å². The summed E-state index contributed by atoms with van der Waals surface area (Å²) in [7, 11) is 1.86. The van der Waals surface area contributed by atoms with Crippen molar-refractivity contribution in [2.45, 2.75) is 52.0 Å².